The molecule has 0 heterocycles. The number of rotatable bonds is 4. The van der Waals surface area contributed by atoms with Crippen LogP contribution in [0.2, 0.25) is 0 Å². The Bertz CT molecular complexity index is 532. The largest absolute Gasteiger partial charge is 0.490 e. The van der Waals surface area contributed by atoms with Gasteiger partial charge in [-0.1, -0.05) is 0 Å². The summed E-state index contributed by atoms with van der Waals surface area (Å²) in [6.45, 7) is 0. The SMILES string of the molecule is COc1ccc(C(=O)NC2CCCC2N)cc1[N+](=O)[O-]. The number of nitrogens with one attached hydrogen (secondary N) is 1. The van der Waals surface area contributed by atoms with Crippen LogP contribution < -0.4 is 15.8 Å². The molecule has 1 amide bonds. The van der Waals surface area contributed by atoms with Crippen LogP contribution in [-0.4, -0.2) is 30.0 Å². The summed E-state index contributed by atoms with van der Waals surface area (Å²) in [6, 6.07) is 4.02. The molecule has 2 unspecified atom stereocenters. The van der Waals surface area contributed by atoms with E-state index in [2.05, 4.69) is 5.32 Å². The first-order chi connectivity index (χ1) is 9.52. The fourth-order valence-corrected chi connectivity index (χ4v) is 2.39. The maximum absolute atomic E-state index is 12.1. The number of methoxy groups -OCH3 is 1. The van der Waals surface area contributed by atoms with Crippen molar-refractivity contribution < 1.29 is 14.5 Å². The lowest BCUT2D eigenvalue weighted by molar-refractivity contribution is -0.385. The molecule has 1 aromatic carbocycles. The highest BCUT2D eigenvalue weighted by atomic mass is 16.6. The molecule has 1 fully saturated rings. The van der Waals surface area contributed by atoms with Gasteiger partial charge in [0.05, 0.1) is 12.0 Å². The summed E-state index contributed by atoms with van der Waals surface area (Å²) >= 11 is 0. The number of amides is 1. The predicted octanol–water partition coefficient (Wildman–Crippen LogP) is 1.21. The standard InChI is InChI=1S/C13H17N3O4/c1-20-12-6-5-8(7-11(12)16(18)19)13(17)15-10-4-2-3-9(10)14/h5-7,9-10H,2-4,14H2,1H3,(H,15,17). The molecular formula is C13H17N3O4. The van der Waals surface area contributed by atoms with Gasteiger partial charge in [-0.3, -0.25) is 14.9 Å². The highest BCUT2D eigenvalue weighted by molar-refractivity contribution is 5.95. The van der Waals surface area contributed by atoms with Gasteiger partial charge >= 0.3 is 5.69 Å². The summed E-state index contributed by atoms with van der Waals surface area (Å²) < 4.78 is 4.90. The molecule has 0 aromatic heterocycles. The van der Waals surface area contributed by atoms with E-state index in [0.717, 1.165) is 19.3 Å². The first-order valence-corrected chi connectivity index (χ1v) is 6.42. The van der Waals surface area contributed by atoms with Crippen molar-refractivity contribution in [2.75, 3.05) is 7.11 Å². The Hall–Kier alpha value is -2.15. The number of benzene rings is 1. The number of nitrogens with zero attached hydrogens (tertiary/aromatic N) is 1. The average molecular weight is 279 g/mol. The lowest BCUT2D eigenvalue weighted by atomic mass is 10.1. The van der Waals surface area contributed by atoms with Crippen molar-refractivity contribution in [3.63, 3.8) is 0 Å². The van der Waals surface area contributed by atoms with Gasteiger partial charge in [-0.05, 0) is 31.4 Å². The molecule has 1 aliphatic carbocycles. The zero-order chi connectivity index (χ0) is 14.7. The van der Waals surface area contributed by atoms with E-state index in [4.69, 9.17) is 10.5 Å². The number of hydrogen-bond acceptors (Lipinski definition) is 5. The molecule has 7 nitrogen and oxygen atoms in total. The summed E-state index contributed by atoms with van der Waals surface area (Å²) in [5, 5.41) is 13.7. The molecule has 2 rings (SSSR count). The van der Waals surface area contributed by atoms with E-state index in [1.807, 2.05) is 0 Å². The van der Waals surface area contributed by atoms with Gasteiger partial charge in [0.1, 0.15) is 0 Å². The van der Waals surface area contributed by atoms with Crippen LogP contribution in [0, 0.1) is 10.1 Å². The molecule has 20 heavy (non-hydrogen) atoms. The van der Waals surface area contributed by atoms with Crippen molar-refractivity contribution in [2.45, 2.75) is 31.3 Å². The highest BCUT2D eigenvalue weighted by Gasteiger charge is 2.26. The molecule has 7 heteroatoms. The van der Waals surface area contributed by atoms with Crippen LogP contribution in [-0.2, 0) is 0 Å². The molecule has 0 bridgehead atoms. The molecule has 1 aliphatic rings. The van der Waals surface area contributed by atoms with Gasteiger partial charge < -0.3 is 15.8 Å². The minimum atomic E-state index is -0.573. The smallest absolute Gasteiger partial charge is 0.311 e. The molecule has 0 saturated heterocycles. The molecule has 108 valence electrons. The molecule has 1 saturated carbocycles. The quantitative estimate of drug-likeness (QED) is 0.636. The molecule has 0 radical (unpaired) electrons. The second kappa shape index (κ2) is 5.87. The summed E-state index contributed by atoms with van der Waals surface area (Å²) in [5.74, 6) is -0.220. The van der Waals surface area contributed by atoms with Crippen LogP contribution in [0.5, 0.6) is 5.75 Å². The molecule has 2 atom stereocenters. The summed E-state index contributed by atoms with van der Waals surface area (Å²) in [4.78, 5) is 22.4. The maximum atomic E-state index is 12.1. The minimum absolute atomic E-state index is 0.0489. The lowest BCUT2D eigenvalue weighted by Crippen LogP contribution is -2.43. The number of ether oxygens (including phenoxy) is 1. The van der Waals surface area contributed by atoms with Crippen molar-refractivity contribution in [3.05, 3.63) is 33.9 Å². The fraction of sp³-hybridized carbons (Fsp3) is 0.462. The van der Waals surface area contributed by atoms with E-state index in [9.17, 15) is 14.9 Å². The molecule has 1 aromatic rings. The van der Waals surface area contributed by atoms with Crippen molar-refractivity contribution in [3.8, 4) is 5.75 Å². The fourth-order valence-electron chi connectivity index (χ4n) is 2.39. The Morgan fingerprint density at radius 3 is 2.80 bits per heavy atom. The minimum Gasteiger partial charge on any atom is -0.490 e. The Morgan fingerprint density at radius 1 is 1.50 bits per heavy atom. The van der Waals surface area contributed by atoms with Crippen LogP contribution in [0.1, 0.15) is 29.6 Å². The molecule has 0 aliphatic heterocycles. The molecular weight excluding hydrogens is 262 g/mol. The van der Waals surface area contributed by atoms with Crippen molar-refractivity contribution in [2.24, 2.45) is 5.73 Å². The topological polar surface area (TPSA) is 107 Å². The molecule has 0 spiro atoms. The summed E-state index contributed by atoms with van der Waals surface area (Å²) in [5.41, 5.74) is 5.89. The third-order valence-electron chi connectivity index (χ3n) is 3.52. The van der Waals surface area contributed by atoms with Gasteiger partial charge in [-0.2, -0.15) is 0 Å². The maximum Gasteiger partial charge on any atom is 0.311 e. The Labute approximate surface area is 116 Å². The summed E-state index contributed by atoms with van der Waals surface area (Å²) in [7, 11) is 1.35. The van der Waals surface area contributed by atoms with Gasteiger partial charge in [0, 0.05) is 23.7 Å². The van der Waals surface area contributed by atoms with E-state index in [-0.39, 0.29) is 35.0 Å². The van der Waals surface area contributed by atoms with E-state index in [0.29, 0.717) is 0 Å². The molecule has 3 N–H and O–H groups in total. The van der Waals surface area contributed by atoms with Gasteiger partial charge in [-0.25, -0.2) is 0 Å². The Kier molecular flexibility index (Phi) is 4.19. The van der Waals surface area contributed by atoms with Crippen LogP contribution in [0.25, 0.3) is 0 Å². The average Bonchev–Trinajstić information content (AvgIpc) is 2.83. The van der Waals surface area contributed by atoms with Gasteiger partial charge in [-0.15, -0.1) is 0 Å². The van der Waals surface area contributed by atoms with Crippen LogP contribution >= 0.6 is 0 Å². The van der Waals surface area contributed by atoms with Crippen LogP contribution in [0.4, 0.5) is 5.69 Å². The zero-order valence-corrected chi connectivity index (χ0v) is 11.2. The van der Waals surface area contributed by atoms with Crippen LogP contribution in [0.15, 0.2) is 18.2 Å². The second-order valence-electron chi connectivity index (χ2n) is 4.82. The predicted molar refractivity (Wildman–Crippen MR) is 72.7 cm³/mol. The van der Waals surface area contributed by atoms with E-state index >= 15 is 0 Å². The van der Waals surface area contributed by atoms with Crippen molar-refractivity contribution in [1.29, 1.82) is 0 Å². The van der Waals surface area contributed by atoms with Crippen molar-refractivity contribution >= 4 is 11.6 Å². The Balaban J connectivity index is 2.17. The normalized spacial score (nSPS) is 21.5. The van der Waals surface area contributed by atoms with Gasteiger partial charge in [0.15, 0.2) is 5.75 Å². The summed E-state index contributed by atoms with van der Waals surface area (Å²) in [6.07, 6.45) is 2.70. The highest BCUT2D eigenvalue weighted by Crippen LogP contribution is 2.27. The second-order valence-corrected chi connectivity index (χ2v) is 4.82. The van der Waals surface area contributed by atoms with Gasteiger partial charge in [0.25, 0.3) is 5.91 Å². The first kappa shape index (κ1) is 14.3. The first-order valence-electron chi connectivity index (χ1n) is 6.42. The third-order valence-corrected chi connectivity index (χ3v) is 3.52. The van der Waals surface area contributed by atoms with E-state index in [1.165, 1.54) is 25.3 Å². The Morgan fingerprint density at radius 2 is 2.25 bits per heavy atom. The number of carbonyl (C=O) groups is 1. The number of nitro groups is 1. The number of carbonyl (C=O) groups excluding carboxylic acids is 1. The van der Waals surface area contributed by atoms with Crippen LogP contribution in [0.3, 0.4) is 0 Å². The monoisotopic (exact) mass is 279 g/mol. The lowest BCUT2D eigenvalue weighted by Gasteiger charge is -2.17. The zero-order valence-electron chi connectivity index (χ0n) is 11.2. The number of nitro benzene ring substituents is 1. The van der Waals surface area contributed by atoms with Crippen molar-refractivity contribution in [1.82, 2.24) is 5.32 Å². The number of nitrogens with two attached hydrogens (primary N) is 1. The number of hydrogen-bond donors (Lipinski definition) is 2. The van der Waals surface area contributed by atoms with E-state index < -0.39 is 4.92 Å². The van der Waals surface area contributed by atoms with E-state index in [1.54, 1.807) is 0 Å². The van der Waals surface area contributed by atoms with Gasteiger partial charge in [0.2, 0.25) is 0 Å². The third kappa shape index (κ3) is 2.88.